The van der Waals surface area contributed by atoms with Gasteiger partial charge in [0.25, 0.3) is 0 Å². The first-order chi connectivity index (χ1) is 6.22. The van der Waals surface area contributed by atoms with Crippen molar-refractivity contribution in [1.29, 1.82) is 0 Å². The summed E-state index contributed by atoms with van der Waals surface area (Å²) in [5.41, 5.74) is 6.99. The van der Waals surface area contributed by atoms with Crippen LogP contribution >= 0.6 is 11.3 Å². The van der Waals surface area contributed by atoms with E-state index in [2.05, 4.69) is 24.2 Å². The summed E-state index contributed by atoms with van der Waals surface area (Å²) in [4.78, 5) is 4.59. The highest BCUT2D eigenvalue weighted by Crippen LogP contribution is 2.48. The van der Waals surface area contributed by atoms with Gasteiger partial charge in [0, 0.05) is 17.3 Å². The molecule has 0 aromatic carbocycles. The van der Waals surface area contributed by atoms with Crippen molar-refractivity contribution in [2.24, 2.45) is 11.7 Å². The van der Waals surface area contributed by atoms with E-state index >= 15 is 0 Å². The van der Waals surface area contributed by atoms with Gasteiger partial charge in [-0.05, 0) is 18.8 Å². The highest BCUT2D eigenvalue weighted by molar-refractivity contribution is 7.09. The average Bonchev–Trinajstić information content (AvgIpc) is 2.70. The van der Waals surface area contributed by atoms with E-state index < -0.39 is 0 Å². The summed E-state index contributed by atoms with van der Waals surface area (Å²) in [6, 6.07) is 0.138. The lowest BCUT2D eigenvalue weighted by Gasteiger charge is -2.02. The van der Waals surface area contributed by atoms with Gasteiger partial charge in [-0.15, -0.1) is 11.3 Å². The molecule has 13 heavy (non-hydrogen) atoms. The van der Waals surface area contributed by atoms with Crippen LogP contribution in [0.5, 0.6) is 0 Å². The third-order valence-corrected chi connectivity index (χ3v) is 3.78. The Labute approximate surface area is 83.2 Å². The Morgan fingerprint density at radius 3 is 3.00 bits per heavy atom. The molecule has 3 unspecified atom stereocenters. The zero-order valence-corrected chi connectivity index (χ0v) is 8.97. The van der Waals surface area contributed by atoms with Crippen molar-refractivity contribution in [1.82, 2.24) is 4.98 Å². The molecule has 1 fully saturated rings. The zero-order chi connectivity index (χ0) is 9.42. The molecule has 72 valence electrons. The van der Waals surface area contributed by atoms with Crippen LogP contribution in [0, 0.1) is 5.92 Å². The fourth-order valence-electron chi connectivity index (χ4n) is 1.52. The summed E-state index contributed by atoms with van der Waals surface area (Å²) in [6.45, 7) is 4.38. The van der Waals surface area contributed by atoms with Crippen LogP contribution in [0.25, 0.3) is 0 Å². The van der Waals surface area contributed by atoms with E-state index in [1.54, 1.807) is 11.3 Å². The minimum Gasteiger partial charge on any atom is -0.323 e. The molecule has 0 bridgehead atoms. The molecule has 1 heterocycles. The second kappa shape index (κ2) is 3.39. The van der Waals surface area contributed by atoms with Crippen LogP contribution in [-0.2, 0) is 0 Å². The molecule has 3 atom stereocenters. The van der Waals surface area contributed by atoms with Gasteiger partial charge in [-0.2, -0.15) is 0 Å². The van der Waals surface area contributed by atoms with Crippen LogP contribution < -0.4 is 5.73 Å². The number of thiazole rings is 1. The molecule has 0 spiro atoms. The Bertz CT molecular complexity index is 276. The van der Waals surface area contributed by atoms with Crippen molar-refractivity contribution >= 4 is 11.3 Å². The minimum atomic E-state index is 0.138. The van der Waals surface area contributed by atoms with E-state index in [1.165, 1.54) is 11.4 Å². The van der Waals surface area contributed by atoms with E-state index in [9.17, 15) is 0 Å². The molecule has 2 rings (SSSR count). The topological polar surface area (TPSA) is 38.9 Å². The molecule has 1 aliphatic carbocycles. The summed E-state index contributed by atoms with van der Waals surface area (Å²) in [5.74, 6) is 1.58. The van der Waals surface area contributed by atoms with Crippen LogP contribution in [0.15, 0.2) is 5.38 Å². The molecule has 1 aromatic rings. The Kier molecular flexibility index (Phi) is 2.39. The number of hydrogen-bond acceptors (Lipinski definition) is 3. The van der Waals surface area contributed by atoms with Gasteiger partial charge in [-0.25, -0.2) is 4.98 Å². The summed E-state index contributed by atoms with van der Waals surface area (Å²) < 4.78 is 0. The fourth-order valence-corrected chi connectivity index (χ4v) is 2.65. The van der Waals surface area contributed by atoms with E-state index in [0.29, 0.717) is 0 Å². The van der Waals surface area contributed by atoms with Crippen LogP contribution in [-0.4, -0.2) is 4.98 Å². The summed E-state index contributed by atoms with van der Waals surface area (Å²) in [5, 5.41) is 3.42. The molecule has 0 aliphatic heterocycles. The van der Waals surface area contributed by atoms with Crippen molar-refractivity contribution in [2.45, 2.75) is 38.6 Å². The van der Waals surface area contributed by atoms with Crippen molar-refractivity contribution in [3.8, 4) is 0 Å². The molecule has 1 aliphatic rings. The number of rotatable bonds is 3. The second-order valence-corrected chi connectivity index (χ2v) is 4.83. The third-order valence-electron chi connectivity index (χ3n) is 2.79. The monoisotopic (exact) mass is 196 g/mol. The quantitative estimate of drug-likeness (QED) is 0.807. The first kappa shape index (κ1) is 9.16. The average molecular weight is 196 g/mol. The van der Waals surface area contributed by atoms with Gasteiger partial charge in [-0.1, -0.05) is 13.8 Å². The highest BCUT2D eigenvalue weighted by Gasteiger charge is 2.36. The molecular weight excluding hydrogens is 180 g/mol. The lowest BCUT2D eigenvalue weighted by Crippen LogP contribution is -2.08. The zero-order valence-electron chi connectivity index (χ0n) is 8.16. The molecule has 0 saturated heterocycles. The predicted molar refractivity (Wildman–Crippen MR) is 55.9 cm³/mol. The SMILES string of the molecule is CCC(N)c1csc(C2CC2C)n1. The summed E-state index contributed by atoms with van der Waals surface area (Å²) in [6.07, 6.45) is 2.29. The third kappa shape index (κ3) is 1.76. The van der Waals surface area contributed by atoms with E-state index in [0.717, 1.165) is 24.0 Å². The number of hydrogen-bond donors (Lipinski definition) is 1. The lowest BCUT2D eigenvalue weighted by molar-refractivity contribution is 0.676. The van der Waals surface area contributed by atoms with Gasteiger partial charge in [0.15, 0.2) is 0 Å². The van der Waals surface area contributed by atoms with Gasteiger partial charge in [0.05, 0.1) is 10.7 Å². The first-order valence-corrected chi connectivity index (χ1v) is 5.81. The number of nitrogens with zero attached hydrogens (tertiary/aromatic N) is 1. The molecule has 0 amide bonds. The molecule has 3 heteroatoms. The van der Waals surface area contributed by atoms with Crippen LogP contribution in [0.2, 0.25) is 0 Å². The Balaban J connectivity index is 2.09. The minimum absolute atomic E-state index is 0.138. The normalized spacial score (nSPS) is 28.8. The first-order valence-electron chi connectivity index (χ1n) is 4.93. The molecule has 1 saturated carbocycles. The van der Waals surface area contributed by atoms with Gasteiger partial charge in [0.2, 0.25) is 0 Å². The van der Waals surface area contributed by atoms with Gasteiger partial charge >= 0.3 is 0 Å². The smallest absolute Gasteiger partial charge is 0.0962 e. The number of nitrogens with two attached hydrogens (primary N) is 1. The fraction of sp³-hybridized carbons (Fsp3) is 0.700. The van der Waals surface area contributed by atoms with Crippen molar-refractivity contribution in [3.63, 3.8) is 0 Å². The number of aromatic nitrogens is 1. The Hall–Kier alpha value is -0.410. The van der Waals surface area contributed by atoms with Crippen LogP contribution in [0.1, 0.15) is 49.4 Å². The molecule has 1 aromatic heterocycles. The highest BCUT2D eigenvalue weighted by atomic mass is 32.1. The maximum absolute atomic E-state index is 5.91. The largest absolute Gasteiger partial charge is 0.323 e. The summed E-state index contributed by atoms with van der Waals surface area (Å²) in [7, 11) is 0. The van der Waals surface area contributed by atoms with Crippen molar-refractivity contribution in [3.05, 3.63) is 16.1 Å². The molecule has 2 N–H and O–H groups in total. The predicted octanol–water partition coefficient (Wildman–Crippen LogP) is 2.68. The van der Waals surface area contributed by atoms with Gasteiger partial charge in [-0.3, -0.25) is 0 Å². The van der Waals surface area contributed by atoms with Gasteiger partial charge in [0.1, 0.15) is 0 Å². The van der Waals surface area contributed by atoms with Crippen molar-refractivity contribution < 1.29 is 0 Å². The Morgan fingerprint density at radius 1 is 1.77 bits per heavy atom. The van der Waals surface area contributed by atoms with Gasteiger partial charge < -0.3 is 5.73 Å². The Morgan fingerprint density at radius 2 is 2.46 bits per heavy atom. The standard InChI is InChI=1S/C10H16N2S/c1-3-8(11)9-5-13-10(12-9)7-4-6(7)2/h5-8H,3-4,11H2,1-2H3. The second-order valence-electron chi connectivity index (χ2n) is 3.94. The lowest BCUT2D eigenvalue weighted by atomic mass is 10.2. The maximum atomic E-state index is 5.91. The van der Waals surface area contributed by atoms with E-state index in [4.69, 9.17) is 5.73 Å². The van der Waals surface area contributed by atoms with Crippen molar-refractivity contribution in [2.75, 3.05) is 0 Å². The van der Waals surface area contributed by atoms with Crippen LogP contribution in [0.3, 0.4) is 0 Å². The molecule has 0 radical (unpaired) electrons. The van der Waals surface area contributed by atoms with Crippen LogP contribution in [0.4, 0.5) is 0 Å². The summed E-state index contributed by atoms with van der Waals surface area (Å²) >= 11 is 1.78. The molecule has 2 nitrogen and oxygen atoms in total. The molecular formula is C10H16N2S. The van der Waals surface area contributed by atoms with E-state index in [-0.39, 0.29) is 6.04 Å². The maximum Gasteiger partial charge on any atom is 0.0962 e. The van der Waals surface area contributed by atoms with E-state index in [1.807, 2.05) is 0 Å².